The number of carbonyl (C=O) groups is 1. The van der Waals surface area contributed by atoms with Gasteiger partial charge in [-0.1, -0.05) is 0 Å². The van der Waals surface area contributed by atoms with Crippen molar-refractivity contribution >= 4 is 23.0 Å². The molecule has 3 N–H and O–H groups in total. The van der Waals surface area contributed by atoms with E-state index in [4.69, 9.17) is 5.73 Å². The van der Waals surface area contributed by atoms with Gasteiger partial charge in [0.2, 0.25) is 0 Å². The highest BCUT2D eigenvalue weighted by atomic mass is 16.6. The van der Waals surface area contributed by atoms with Crippen LogP contribution in [0.4, 0.5) is 17.1 Å². The largest absolute Gasteiger partial charge is 0.391 e. The minimum Gasteiger partial charge on any atom is -0.391 e. The van der Waals surface area contributed by atoms with Gasteiger partial charge in [0.25, 0.3) is 5.91 Å². The third-order valence-electron chi connectivity index (χ3n) is 2.34. The van der Waals surface area contributed by atoms with Gasteiger partial charge < -0.3 is 11.1 Å². The van der Waals surface area contributed by atoms with Crippen LogP contribution in [-0.2, 0) is 0 Å². The summed E-state index contributed by atoms with van der Waals surface area (Å²) in [6, 6.07) is 3.16. The molecule has 2 aromatic heterocycles. The Balaban J connectivity index is 2.27. The van der Waals surface area contributed by atoms with Crippen molar-refractivity contribution in [3.63, 3.8) is 0 Å². The summed E-state index contributed by atoms with van der Waals surface area (Å²) in [5.41, 5.74) is 5.50. The van der Waals surface area contributed by atoms with Crippen molar-refractivity contribution in [1.82, 2.24) is 9.97 Å². The summed E-state index contributed by atoms with van der Waals surface area (Å²) in [7, 11) is 0. The Morgan fingerprint density at radius 3 is 2.74 bits per heavy atom. The van der Waals surface area contributed by atoms with Crippen molar-refractivity contribution in [2.75, 3.05) is 11.1 Å². The lowest BCUT2D eigenvalue weighted by Crippen LogP contribution is -2.14. The second kappa shape index (κ2) is 5.08. The highest BCUT2D eigenvalue weighted by Crippen LogP contribution is 2.27. The molecule has 0 aromatic carbocycles. The zero-order valence-electron chi connectivity index (χ0n) is 9.61. The van der Waals surface area contributed by atoms with Crippen LogP contribution in [0, 0.1) is 10.1 Å². The monoisotopic (exact) mass is 259 g/mol. The van der Waals surface area contributed by atoms with Crippen molar-refractivity contribution in [3.05, 3.63) is 52.6 Å². The van der Waals surface area contributed by atoms with Gasteiger partial charge in [0.05, 0.1) is 22.4 Å². The Labute approximate surface area is 107 Å². The van der Waals surface area contributed by atoms with E-state index in [1.54, 1.807) is 12.1 Å². The maximum Gasteiger partial charge on any atom is 0.312 e. The fraction of sp³-hybridized carbons (Fsp3) is 0. The van der Waals surface area contributed by atoms with Crippen LogP contribution < -0.4 is 11.1 Å². The number of rotatable bonds is 3. The Morgan fingerprint density at radius 1 is 1.32 bits per heavy atom. The van der Waals surface area contributed by atoms with E-state index in [0.717, 1.165) is 6.20 Å². The number of nitrogen functional groups attached to an aromatic ring is 1. The molecule has 0 unspecified atom stereocenters. The number of hydrogen-bond acceptors (Lipinski definition) is 6. The SMILES string of the molecule is Nc1c(NC(=O)c2cccnc2)cncc1[N+](=O)[O-]. The number of amides is 1. The fourth-order valence-electron chi connectivity index (χ4n) is 1.40. The molecule has 0 aliphatic heterocycles. The number of hydrogen-bond donors (Lipinski definition) is 2. The van der Waals surface area contributed by atoms with Crippen LogP contribution in [0.15, 0.2) is 36.9 Å². The van der Waals surface area contributed by atoms with E-state index in [2.05, 4.69) is 15.3 Å². The molecule has 0 spiro atoms. The summed E-state index contributed by atoms with van der Waals surface area (Å²) >= 11 is 0. The zero-order chi connectivity index (χ0) is 13.8. The Morgan fingerprint density at radius 2 is 2.11 bits per heavy atom. The second-order valence-corrected chi connectivity index (χ2v) is 3.57. The second-order valence-electron chi connectivity index (χ2n) is 3.57. The number of pyridine rings is 2. The lowest BCUT2D eigenvalue weighted by molar-refractivity contribution is -0.384. The minimum atomic E-state index is -0.665. The molecule has 2 rings (SSSR count). The first-order valence-corrected chi connectivity index (χ1v) is 5.19. The maximum atomic E-state index is 11.8. The summed E-state index contributed by atoms with van der Waals surface area (Å²) < 4.78 is 0. The first-order chi connectivity index (χ1) is 9.09. The highest BCUT2D eigenvalue weighted by molar-refractivity contribution is 6.05. The maximum absolute atomic E-state index is 11.8. The minimum absolute atomic E-state index is 0.0862. The van der Waals surface area contributed by atoms with Crippen LogP contribution in [0.3, 0.4) is 0 Å². The molecule has 8 nitrogen and oxygen atoms in total. The topological polar surface area (TPSA) is 124 Å². The first kappa shape index (κ1) is 12.4. The van der Waals surface area contributed by atoms with Gasteiger partial charge in [0.1, 0.15) is 11.9 Å². The number of anilines is 2. The van der Waals surface area contributed by atoms with Crippen LogP contribution in [0.25, 0.3) is 0 Å². The van der Waals surface area contributed by atoms with E-state index in [1.807, 2.05) is 0 Å². The lowest BCUT2D eigenvalue weighted by Gasteiger charge is -2.07. The predicted octanol–water partition coefficient (Wildman–Crippen LogP) is 1.22. The van der Waals surface area contributed by atoms with Crippen LogP contribution >= 0.6 is 0 Å². The van der Waals surface area contributed by atoms with Crippen LogP contribution in [0.2, 0.25) is 0 Å². The van der Waals surface area contributed by atoms with E-state index >= 15 is 0 Å². The summed E-state index contributed by atoms with van der Waals surface area (Å²) in [5.74, 6) is -0.470. The molecule has 0 saturated heterocycles. The standard InChI is InChI=1S/C11H9N5O3/c12-10-8(5-14-6-9(10)16(18)19)15-11(17)7-2-1-3-13-4-7/h1-6H,(H2,12,14)(H,15,17). The molecule has 2 heterocycles. The Hall–Kier alpha value is -3.03. The molecular weight excluding hydrogens is 250 g/mol. The molecular formula is C11H9N5O3. The van der Waals surface area contributed by atoms with Crippen molar-refractivity contribution in [2.24, 2.45) is 0 Å². The highest BCUT2D eigenvalue weighted by Gasteiger charge is 2.17. The number of carbonyl (C=O) groups excluding carboxylic acids is 1. The van der Waals surface area contributed by atoms with E-state index in [0.29, 0.717) is 5.56 Å². The molecule has 0 radical (unpaired) electrons. The van der Waals surface area contributed by atoms with Gasteiger partial charge in [0.15, 0.2) is 0 Å². The quantitative estimate of drug-likeness (QED) is 0.630. The number of nitrogens with zero attached hydrogens (tertiary/aromatic N) is 3. The van der Waals surface area contributed by atoms with Gasteiger partial charge in [-0.05, 0) is 12.1 Å². The van der Waals surface area contributed by atoms with Crippen LogP contribution in [0.1, 0.15) is 10.4 Å². The molecule has 2 aromatic rings. The van der Waals surface area contributed by atoms with Gasteiger partial charge >= 0.3 is 5.69 Å². The molecule has 0 saturated carbocycles. The van der Waals surface area contributed by atoms with E-state index in [-0.39, 0.29) is 17.1 Å². The number of nitrogens with one attached hydrogen (secondary N) is 1. The molecule has 8 heteroatoms. The van der Waals surface area contributed by atoms with Gasteiger partial charge in [-0.3, -0.25) is 24.9 Å². The van der Waals surface area contributed by atoms with Crippen LogP contribution in [0.5, 0.6) is 0 Å². The third kappa shape index (κ3) is 2.63. The summed E-state index contributed by atoms with van der Waals surface area (Å²) in [6.45, 7) is 0. The molecule has 96 valence electrons. The number of aromatic nitrogens is 2. The Kier molecular flexibility index (Phi) is 3.33. The molecule has 0 bridgehead atoms. The molecule has 0 atom stereocenters. The van der Waals surface area contributed by atoms with Crippen molar-refractivity contribution in [2.45, 2.75) is 0 Å². The average molecular weight is 259 g/mol. The van der Waals surface area contributed by atoms with Crippen molar-refractivity contribution < 1.29 is 9.72 Å². The number of nitro groups is 1. The molecule has 0 aliphatic rings. The van der Waals surface area contributed by atoms with Crippen LogP contribution in [-0.4, -0.2) is 20.8 Å². The summed E-state index contributed by atoms with van der Waals surface area (Å²) in [6.07, 6.45) is 5.17. The Bertz CT molecular complexity index is 629. The molecule has 19 heavy (non-hydrogen) atoms. The van der Waals surface area contributed by atoms with Gasteiger partial charge in [-0.15, -0.1) is 0 Å². The summed E-state index contributed by atoms with van der Waals surface area (Å²) in [4.78, 5) is 29.3. The van der Waals surface area contributed by atoms with Gasteiger partial charge in [-0.25, -0.2) is 0 Å². The van der Waals surface area contributed by atoms with E-state index < -0.39 is 10.8 Å². The van der Waals surface area contributed by atoms with Gasteiger partial charge in [-0.2, -0.15) is 0 Å². The first-order valence-electron chi connectivity index (χ1n) is 5.19. The number of nitrogens with two attached hydrogens (primary N) is 1. The van der Waals surface area contributed by atoms with Crippen molar-refractivity contribution in [3.8, 4) is 0 Å². The smallest absolute Gasteiger partial charge is 0.312 e. The predicted molar refractivity (Wildman–Crippen MR) is 67.5 cm³/mol. The normalized spacial score (nSPS) is 9.89. The molecule has 0 fully saturated rings. The third-order valence-corrected chi connectivity index (χ3v) is 2.34. The molecule has 0 aliphatic carbocycles. The van der Waals surface area contributed by atoms with E-state index in [9.17, 15) is 14.9 Å². The van der Waals surface area contributed by atoms with E-state index in [1.165, 1.54) is 18.6 Å². The summed E-state index contributed by atoms with van der Waals surface area (Å²) in [5, 5.41) is 13.1. The lowest BCUT2D eigenvalue weighted by atomic mass is 10.2. The van der Waals surface area contributed by atoms with Crippen molar-refractivity contribution in [1.29, 1.82) is 0 Å². The van der Waals surface area contributed by atoms with Gasteiger partial charge in [0, 0.05) is 12.4 Å². The fourth-order valence-corrected chi connectivity index (χ4v) is 1.40. The zero-order valence-corrected chi connectivity index (χ0v) is 9.61. The average Bonchev–Trinajstić information content (AvgIpc) is 2.41. The molecule has 1 amide bonds.